The molecule has 7 heteroatoms. The second-order valence-corrected chi connectivity index (χ2v) is 4.68. The fourth-order valence-corrected chi connectivity index (χ4v) is 1.99. The van der Waals surface area contributed by atoms with Gasteiger partial charge in [-0.2, -0.15) is 0 Å². The van der Waals surface area contributed by atoms with Gasteiger partial charge in [-0.05, 0) is 30.5 Å². The van der Waals surface area contributed by atoms with Crippen molar-refractivity contribution in [3.05, 3.63) is 23.2 Å². The number of carbonyl (C=O) groups is 1. The molecule has 0 bridgehead atoms. The smallest absolute Gasteiger partial charge is 0.270 e. The number of hydrogen-bond donors (Lipinski definition) is 1. The normalized spacial score (nSPS) is 21.8. The number of hydrogen-bond acceptors (Lipinski definition) is 5. The minimum Gasteiger partial charge on any atom is -0.382 e. The van der Waals surface area contributed by atoms with Gasteiger partial charge in [0, 0.05) is 19.3 Å². The van der Waals surface area contributed by atoms with E-state index in [2.05, 4.69) is 15.3 Å². The SMILES string of the molecule is COCCO[C@H]1C[C@H](NC(=O)c2ccnc(Cl)n2)C1. The van der Waals surface area contributed by atoms with Crippen LogP contribution in [0.4, 0.5) is 0 Å². The first kappa shape index (κ1) is 14.2. The van der Waals surface area contributed by atoms with E-state index in [1.807, 2.05) is 0 Å². The number of nitrogens with one attached hydrogen (secondary N) is 1. The van der Waals surface area contributed by atoms with E-state index in [1.54, 1.807) is 7.11 Å². The third-order valence-corrected chi connectivity index (χ3v) is 3.11. The highest BCUT2D eigenvalue weighted by atomic mass is 35.5. The molecule has 0 aromatic carbocycles. The van der Waals surface area contributed by atoms with Crippen LogP contribution in [0.25, 0.3) is 0 Å². The average Bonchev–Trinajstić information content (AvgIpc) is 2.35. The van der Waals surface area contributed by atoms with Crippen molar-refractivity contribution in [1.82, 2.24) is 15.3 Å². The van der Waals surface area contributed by atoms with Crippen LogP contribution in [0.2, 0.25) is 5.28 Å². The quantitative estimate of drug-likeness (QED) is 0.625. The summed E-state index contributed by atoms with van der Waals surface area (Å²) in [5.41, 5.74) is 0.281. The number of methoxy groups -OCH3 is 1. The van der Waals surface area contributed by atoms with Crippen molar-refractivity contribution in [2.24, 2.45) is 0 Å². The Hall–Kier alpha value is -1.24. The van der Waals surface area contributed by atoms with Gasteiger partial charge in [-0.3, -0.25) is 4.79 Å². The van der Waals surface area contributed by atoms with E-state index in [0.29, 0.717) is 13.2 Å². The largest absolute Gasteiger partial charge is 0.382 e. The van der Waals surface area contributed by atoms with Crippen LogP contribution in [0, 0.1) is 0 Å². The summed E-state index contributed by atoms with van der Waals surface area (Å²) in [4.78, 5) is 19.4. The molecule has 2 rings (SSSR count). The zero-order valence-corrected chi connectivity index (χ0v) is 11.4. The Balaban J connectivity index is 1.71. The van der Waals surface area contributed by atoms with Crippen molar-refractivity contribution in [1.29, 1.82) is 0 Å². The summed E-state index contributed by atoms with van der Waals surface area (Å²) < 4.78 is 10.4. The van der Waals surface area contributed by atoms with E-state index in [1.165, 1.54) is 12.3 Å². The standard InChI is InChI=1S/C12H16ClN3O3/c1-18-4-5-19-9-6-8(7-9)15-11(17)10-2-3-14-12(13)16-10/h2-3,8-9H,4-7H2,1H3,(H,15,17)/t8-,9-. The van der Waals surface area contributed by atoms with E-state index in [4.69, 9.17) is 21.1 Å². The van der Waals surface area contributed by atoms with Crippen molar-refractivity contribution in [3.63, 3.8) is 0 Å². The van der Waals surface area contributed by atoms with Gasteiger partial charge in [0.1, 0.15) is 5.69 Å². The van der Waals surface area contributed by atoms with E-state index >= 15 is 0 Å². The van der Waals surface area contributed by atoms with E-state index in [9.17, 15) is 4.79 Å². The van der Waals surface area contributed by atoms with Crippen molar-refractivity contribution in [3.8, 4) is 0 Å². The average molecular weight is 286 g/mol. The fourth-order valence-electron chi connectivity index (χ4n) is 1.84. The molecule has 0 radical (unpaired) electrons. The molecular formula is C12H16ClN3O3. The molecule has 1 N–H and O–H groups in total. The molecule has 1 amide bonds. The number of aromatic nitrogens is 2. The zero-order valence-electron chi connectivity index (χ0n) is 10.6. The van der Waals surface area contributed by atoms with Gasteiger partial charge in [-0.15, -0.1) is 0 Å². The lowest BCUT2D eigenvalue weighted by atomic mass is 9.89. The summed E-state index contributed by atoms with van der Waals surface area (Å²) in [6, 6.07) is 1.67. The predicted molar refractivity (Wildman–Crippen MR) is 69.1 cm³/mol. The molecule has 1 saturated carbocycles. The Labute approximate surface area is 116 Å². The maximum atomic E-state index is 11.8. The van der Waals surface area contributed by atoms with Gasteiger partial charge in [0.15, 0.2) is 0 Å². The predicted octanol–water partition coefficient (Wildman–Crippen LogP) is 1.05. The molecule has 104 valence electrons. The summed E-state index contributed by atoms with van der Waals surface area (Å²) in [5.74, 6) is -0.232. The molecule has 1 aliphatic carbocycles. The van der Waals surface area contributed by atoms with Crippen LogP contribution >= 0.6 is 11.6 Å². The van der Waals surface area contributed by atoms with Gasteiger partial charge in [0.05, 0.1) is 19.3 Å². The lowest BCUT2D eigenvalue weighted by Gasteiger charge is -2.35. The lowest BCUT2D eigenvalue weighted by molar-refractivity contribution is -0.0343. The van der Waals surface area contributed by atoms with E-state index in [-0.39, 0.29) is 29.0 Å². The Morgan fingerprint density at radius 2 is 2.32 bits per heavy atom. The molecule has 0 atom stereocenters. The molecular weight excluding hydrogens is 270 g/mol. The fraction of sp³-hybridized carbons (Fsp3) is 0.583. The van der Waals surface area contributed by atoms with Gasteiger partial charge < -0.3 is 14.8 Å². The molecule has 1 fully saturated rings. The van der Waals surface area contributed by atoms with Crippen molar-refractivity contribution < 1.29 is 14.3 Å². The van der Waals surface area contributed by atoms with E-state index < -0.39 is 0 Å². The Morgan fingerprint density at radius 1 is 1.53 bits per heavy atom. The molecule has 0 unspecified atom stereocenters. The number of halogens is 1. The van der Waals surface area contributed by atoms with Crippen molar-refractivity contribution in [2.45, 2.75) is 25.0 Å². The number of carbonyl (C=O) groups excluding carboxylic acids is 1. The molecule has 1 heterocycles. The molecule has 0 aliphatic heterocycles. The van der Waals surface area contributed by atoms with Gasteiger partial charge in [-0.1, -0.05) is 0 Å². The third kappa shape index (κ3) is 4.12. The topological polar surface area (TPSA) is 73.3 Å². The van der Waals surface area contributed by atoms with Gasteiger partial charge in [0.2, 0.25) is 5.28 Å². The molecule has 6 nitrogen and oxygen atoms in total. The summed E-state index contributed by atoms with van der Waals surface area (Å²) in [6.45, 7) is 1.18. The van der Waals surface area contributed by atoms with Crippen LogP contribution in [-0.2, 0) is 9.47 Å². The van der Waals surface area contributed by atoms with Crippen LogP contribution in [0.3, 0.4) is 0 Å². The van der Waals surface area contributed by atoms with E-state index in [0.717, 1.165) is 12.8 Å². The first-order valence-electron chi connectivity index (χ1n) is 6.09. The number of amides is 1. The summed E-state index contributed by atoms with van der Waals surface area (Å²) in [5, 5.41) is 2.95. The van der Waals surface area contributed by atoms with Crippen LogP contribution in [0.1, 0.15) is 23.3 Å². The third-order valence-electron chi connectivity index (χ3n) is 2.93. The minimum atomic E-state index is -0.232. The highest BCUT2D eigenvalue weighted by Gasteiger charge is 2.31. The van der Waals surface area contributed by atoms with Gasteiger partial charge in [-0.25, -0.2) is 9.97 Å². The number of rotatable bonds is 6. The van der Waals surface area contributed by atoms with Crippen molar-refractivity contribution >= 4 is 17.5 Å². The number of ether oxygens (including phenoxy) is 2. The van der Waals surface area contributed by atoms with Crippen LogP contribution in [0.5, 0.6) is 0 Å². The maximum Gasteiger partial charge on any atom is 0.270 e. The summed E-state index contributed by atoms with van der Waals surface area (Å²) >= 11 is 5.63. The van der Waals surface area contributed by atoms with Crippen LogP contribution < -0.4 is 5.32 Å². The maximum absolute atomic E-state index is 11.8. The zero-order chi connectivity index (χ0) is 13.7. The molecule has 1 aromatic rings. The second-order valence-electron chi connectivity index (χ2n) is 4.34. The first-order valence-corrected chi connectivity index (χ1v) is 6.47. The van der Waals surface area contributed by atoms with Crippen LogP contribution in [-0.4, -0.2) is 48.3 Å². The lowest BCUT2D eigenvalue weighted by Crippen LogP contribution is -2.48. The monoisotopic (exact) mass is 285 g/mol. The highest BCUT2D eigenvalue weighted by molar-refractivity contribution is 6.28. The first-order chi connectivity index (χ1) is 9.19. The molecule has 1 aromatic heterocycles. The molecule has 19 heavy (non-hydrogen) atoms. The summed E-state index contributed by atoms with van der Waals surface area (Å²) in [6.07, 6.45) is 3.29. The summed E-state index contributed by atoms with van der Waals surface area (Å²) in [7, 11) is 1.64. The Bertz CT molecular complexity index is 438. The Kier molecular flexibility index (Phi) is 5.07. The highest BCUT2D eigenvalue weighted by Crippen LogP contribution is 2.23. The Morgan fingerprint density at radius 3 is 3.00 bits per heavy atom. The molecule has 0 saturated heterocycles. The van der Waals surface area contributed by atoms with Gasteiger partial charge >= 0.3 is 0 Å². The van der Waals surface area contributed by atoms with Crippen molar-refractivity contribution in [2.75, 3.05) is 20.3 Å². The molecule has 0 spiro atoms. The van der Waals surface area contributed by atoms with Crippen LogP contribution in [0.15, 0.2) is 12.3 Å². The minimum absolute atomic E-state index is 0.0713. The molecule has 1 aliphatic rings. The number of nitrogens with zero attached hydrogens (tertiary/aromatic N) is 2. The second kappa shape index (κ2) is 6.79. The van der Waals surface area contributed by atoms with Gasteiger partial charge in [0.25, 0.3) is 5.91 Å².